The Morgan fingerprint density at radius 1 is 1.28 bits per heavy atom. The Morgan fingerprint density at radius 2 is 2.04 bits per heavy atom. The number of ether oxygens (including phenoxy) is 1. The van der Waals surface area contributed by atoms with Crippen LogP contribution in [0.4, 0.5) is 5.00 Å². The number of hydrogen-bond acceptors (Lipinski definition) is 4. The van der Waals surface area contributed by atoms with Gasteiger partial charge in [-0.15, -0.1) is 11.3 Å². The van der Waals surface area contributed by atoms with Gasteiger partial charge in [0.05, 0.1) is 5.56 Å². The fraction of sp³-hybridized carbons (Fsp3) is 0.368. The summed E-state index contributed by atoms with van der Waals surface area (Å²) in [5, 5.41) is 3.38. The number of nitrogens with one attached hydrogen (secondary N) is 1. The first kappa shape index (κ1) is 17.5. The van der Waals surface area contributed by atoms with E-state index >= 15 is 0 Å². The van der Waals surface area contributed by atoms with Gasteiger partial charge >= 0.3 is 0 Å². The SMILES string of the molecule is Cc1cccc(O[C@H](C)C(=O)Nc2sc3c(c2C(N)=O)CCCC3)c1. The summed E-state index contributed by atoms with van der Waals surface area (Å²) in [5.41, 5.74) is 8.10. The number of hydrogen-bond donors (Lipinski definition) is 2. The molecule has 2 aromatic rings. The van der Waals surface area contributed by atoms with E-state index in [1.165, 1.54) is 11.3 Å². The van der Waals surface area contributed by atoms with Gasteiger partial charge in [0.25, 0.3) is 11.8 Å². The maximum Gasteiger partial charge on any atom is 0.265 e. The summed E-state index contributed by atoms with van der Waals surface area (Å²) in [4.78, 5) is 25.5. The van der Waals surface area contributed by atoms with Gasteiger partial charge in [0.15, 0.2) is 6.10 Å². The van der Waals surface area contributed by atoms with Crippen molar-refractivity contribution in [3.8, 4) is 5.75 Å². The molecule has 25 heavy (non-hydrogen) atoms. The third-order valence-corrected chi connectivity index (χ3v) is 5.53. The molecular formula is C19H22N2O3S. The van der Waals surface area contributed by atoms with Gasteiger partial charge in [-0.05, 0) is 62.8 Å². The standard InChI is InChI=1S/C19H22N2O3S/c1-11-6-5-7-13(10-11)24-12(2)18(23)21-19-16(17(20)22)14-8-3-4-9-15(14)25-19/h5-7,10,12H,3-4,8-9H2,1-2H3,(H2,20,22)(H,21,23)/t12-/m1/s1. The van der Waals surface area contributed by atoms with Crippen LogP contribution in [0.15, 0.2) is 24.3 Å². The van der Waals surface area contributed by atoms with E-state index in [-0.39, 0.29) is 5.91 Å². The molecule has 0 unspecified atom stereocenters. The van der Waals surface area contributed by atoms with E-state index in [2.05, 4.69) is 5.32 Å². The highest BCUT2D eigenvalue weighted by atomic mass is 32.1. The Morgan fingerprint density at radius 3 is 2.76 bits per heavy atom. The third-order valence-electron chi connectivity index (χ3n) is 4.33. The summed E-state index contributed by atoms with van der Waals surface area (Å²) in [6.07, 6.45) is 3.25. The number of nitrogens with two attached hydrogens (primary N) is 1. The molecule has 1 heterocycles. The average Bonchev–Trinajstić information content (AvgIpc) is 2.92. The number of thiophene rings is 1. The molecule has 6 heteroatoms. The molecule has 1 aliphatic rings. The van der Waals surface area contributed by atoms with Crippen molar-refractivity contribution in [2.75, 3.05) is 5.32 Å². The number of rotatable bonds is 5. The molecule has 3 rings (SSSR count). The van der Waals surface area contributed by atoms with E-state index in [4.69, 9.17) is 10.5 Å². The molecule has 1 aliphatic carbocycles. The maximum absolute atomic E-state index is 12.5. The number of anilines is 1. The number of primary amides is 1. The van der Waals surface area contributed by atoms with Gasteiger partial charge in [-0.1, -0.05) is 12.1 Å². The van der Waals surface area contributed by atoms with Gasteiger partial charge < -0.3 is 15.8 Å². The molecular weight excluding hydrogens is 336 g/mol. The Balaban J connectivity index is 1.76. The molecule has 132 valence electrons. The highest BCUT2D eigenvalue weighted by Gasteiger charge is 2.26. The predicted octanol–water partition coefficient (Wildman–Crippen LogP) is 3.44. The first-order valence-corrected chi connectivity index (χ1v) is 9.26. The lowest BCUT2D eigenvalue weighted by Gasteiger charge is -2.15. The predicted molar refractivity (Wildman–Crippen MR) is 99.4 cm³/mol. The van der Waals surface area contributed by atoms with Crippen LogP contribution in [0.1, 0.15) is 46.1 Å². The molecule has 5 nitrogen and oxygen atoms in total. The number of benzene rings is 1. The van der Waals surface area contributed by atoms with Crippen LogP contribution in [-0.4, -0.2) is 17.9 Å². The normalized spacial score (nSPS) is 14.5. The second kappa shape index (κ2) is 7.27. The highest BCUT2D eigenvalue weighted by Crippen LogP contribution is 2.38. The Kier molecular flexibility index (Phi) is 5.08. The summed E-state index contributed by atoms with van der Waals surface area (Å²) >= 11 is 1.46. The summed E-state index contributed by atoms with van der Waals surface area (Å²) in [6.45, 7) is 3.65. The molecule has 1 atom stereocenters. The zero-order valence-electron chi connectivity index (χ0n) is 14.4. The molecule has 0 fully saturated rings. The van der Waals surface area contributed by atoms with Gasteiger partial charge in [-0.2, -0.15) is 0 Å². The molecule has 0 aliphatic heterocycles. The minimum absolute atomic E-state index is 0.289. The maximum atomic E-state index is 12.5. The summed E-state index contributed by atoms with van der Waals surface area (Å²) in [6, 6.07) is 7.54. The molecule has 2 amide bonds. The van der Waals surface area contributed by atoms with Crippen molar-refractivity contribution in [1.29, 1.82) is 0 Å². The highest BCUT2D eigenvalue weighted by molar-refractivity contribution is 7.17. The number of carbonyl (C=O) groups is 2. The number of aryl methyl sites for hydroxylation is 2. The van der Waals surface area contributed by atoms with Gasteiger partial charge in [-0.25, -0.2) is 0 Å². The van der Waals surface area contributed by atoms with Crippen molar-refractivity contribution in [2.24, 2.45) is 5.73 Å². The lowest BCUT2D eigenvalue weighted by Crippen LogP contribution is -2.30. The van der Waals surface area contributed by atoms with Crippen LogP contribution < -0.4 is 15.8 Å². The first-order chi connectivity index (χ1) is 12.0. The molecule has 0 bridgehead atoms. The zero-order valence-corrected chi connectivity index (χ0v) is 15.2. The topological polar surface area (TPSA) is 81.4 Å². The molecule has 3 N–H and O–H groups in total. The van der Waals surface area contributed by atoms with Crippen LogP contribution in [0.25, 0.3) is 0 Å². The second-order valence-corrected chi connectivity index (χ2v) is 7.45. The fourth-order valence-electron chi connectivity index (χ4n) is 3.07. The summed E-state index contributed by atoms with van der Waals surface area (Å²) in [7, 11) is 0. The largest absolute Gasteiger partial charge is 0.481 e. The van der Waals surface area contributed by atoms with E-state index in [1.807, 2.05) is 31.2 Å². The van der Waals surface area contributed by atoms with Crippen LogP contribution in [0.2, 0.25) is 0 Å². The smallest absolute Gasteiger partial charge is 0.265 e. The van der Waals surface area contributed by atoms with Gasteiger partial charge in [0.1, 0.15) is 10.8 Å². The molecule has 1 aromatic carbocycles. The molecule has 0 radical (unpaired) electrons. The quantitative estimate of drug-likeness (QED) is 0.859. The van der Waals surface area contributed by atoms with Crippen molar-refractivity contribution in [2.45, 2.75) is 45.6 Å². The van der Waals surface area contributed by atoms with Crippen molar-refractivity contribution < 1.29 is 14.3 Å². The zero-order chi connectivity index (χ0) is 18.0. The molecule has 0 saturated heterocycles. The monoisotopic (exact) mass is 358 g/mol. The van der Waals surface area contributed by atoms with Gasteiger partial charge in [0, 0.05) is 4.88 Å². The molecule has 0 saturated carbocycles. The van der Waals surface area contributed by atoms with E-state index in [1.54, 1.807) is 6.92 Å². The lowest BCUT2D eigenvalue weighted by atomic mass is 9.95. The number of carbonyl (C=O) groups excluding carboxylic acids is 2. The Bertz CT molecular complexity index is 813. The van der Waals surface area contributed by atoms with Gasteiger partial charge in [-0.3, -0.25) is 9.59 Å². The molecule has 1 aromatic heterocycles. The average molecular weight is 358 g/mol. The lowest BCUT2D eigenvalue weighted by molar-refractivity contribution is -0.122. The van der Waals surface area contributed by atoms with E-state index < -0.39 is 12.0 Å². The minimum atomic E-state index is -0.679. The Labute approximate surface area is 151 Å². The number of amides is 2. The van der Waals surface area contributed by atoms with Crippen molar-refractivity contribution in [3.05, 3.63) is 45.8 Å². The van der Waals surface area contributed by atoms with E-state index in [0.29, 0.717) is 16.3 Å². The second-order valence-electron chi connectivity index (χ2n) is 6.35. The van der Waals surface area contributed by atoms with Crippen LogP contribution in [0.5, 0.6) is 5.75 Å². The van der Waals surface area contributed by atoms with Crippen LogP contribution in [0.3, 0.4) is 0 Å². The van der Waals surface area contributed by atoms with E-state index in [9.17, 15) is 9.59 Å². The van der Waals surface area contributed by atoms with Crippen LogP contribution in [0, 0.1) is 6.92 Å². The summed E-state index contributed by atoms with van der Waals surface area (Å²) in [5.74, 6) is -0.132. The van der Waals surface area contributed by atoms with Crippen LogP contribution in [-0.2, 0) is 17.6 Å². The molecule has 0 spiro atoms. The van der Waals surface area contributed by atoms with Crippen molar-refractivity contribution in [1.82, 2.24) is 0 Å². The summed E-state index contributed by atoms with van der Waals surface area (Å²) < 4.78 is 5.71. The Hall–Kier alpha value is -2.34. The van der Waals surface area contributed by atoms with Gasteiger partial charge in [0.2, 0.25) is 0 Å². The fourth-order valence-corrected chi connectivity index (χ4v) is 4.37. The number of fused-ring (bicyclic) bond motifs is 1. The van der Waals surface area contributed by atoms with Crippen LogP contribution >= 0.6 is 11.3 Å². The first-order valence-electron chi connectivity index (χ1n) is 8.44. The third kappa shape index (κ3) is 3.85. The van der Waals surface area contributed by atoms with Crippen molar-refractivity contribution >= 4 is 28.2 Å². The van der Waals surface area contributed by atoms with Crippen molar-refractivity contribution in [3.63, 3.8) is 0 Å². The van der Waals surface area contributed by atoms with E-state index in [0.717, 1.165) is 41.7 Å². The minimum Gasteiger partial charge on any atom is -0.481 e.